The molecule has 1 aliphatic carbocycles. The molecule has 6 heteroatoms. The van der Waals surface area contributed by atoms with Crippen molar-refractivity contribution in [2.24, 2.45) is 0 Å². The Morgan fingerprint density at radius 2 is 2.05 bits per heavy atom. The standard InChI is InChI=1S/C13H17N5O/c19-11-4-2-10(3-5-11)16-12-8-14-9-13(17-12)18-7-1-6-15-18/h1,6-11,19H,2-5H2,(H,16,17). The zero-order valence-corrected chi connectivity index (χ0v) is 10.6. The van der Waals surface area contributed by atoms with E-state index < -0.39 is 0 Å². The zero-order chi connectivity index (χ0) is 13.1. The van der Waals surface area contributed by atoms with Crippen LogP contribution in [0.25, 0.3) is 5.82 Å². The van der Waals surface area contributed by atoms with E-state index in [1.165, 1.54) is 0 Å². The summed E-state index contributed by atoms with van der Waals surface area (Å²) in [5, 5.41) is 17.0. The highest BCUT2D eigenvalue weighted by Gasteiger charge is 2.19. The first-order valence-electron chi connectivity index (χ1n) is 6.58. The van der Waals surface area contributed by atoms with Crippen molar-refractivity contribution in [3.8, 4) is 5.82 Å². The van der Waals surface area contributed by atoms with Crippen molar-refractivity contribution < 1.29 is 5.11 Å². The van der Waals surface area contributed by atoms with Crippen molar-refractivity contribution in [3.63, 3.8) is 0 Å². The number of anilines is 1. The molecule has 1 saturated carbocycles. The number of nitrogens with one attached hydrogen (secondary N) is 1. The van der Waals surface area contributed by atoms with E-state index in [9.17, 15) is 5.11 Å². The molecule has 19 heavy (non-hydrogen) atoms. The fraction of sp³-hybridized carbons (Fsp3) is 0.462. The molecule has 0 unspecified atom stereocenters. The van der Waals surface area contributed by atoms with Gasteiger partial charge in [0.15, 0.2) is 5.82 Å². The first-order chi connectivity index (χ1) is 9.31. The number of aromatic nitrogens is 4. The van der Waals surface area contributed by atoms with Gasteiger partial charge in [-0.3, -0.25) is 4.98 Å². The molecule has 3 rings (SSSR count). The van der Waals surface area contributed by atoms with Crippen molar-refractivity contribution in [1.29, 1.82) is 0 Å². The summed E-state index contributed by atoms with van der Waals surface area (Å²) >= 11 is 0. The smallest absolute Gasteiger partial charge is 0.173 e. The lowest BCUT2D eigenvalue weighted by Crippen LogP contribution is -2.28. The highest BCUT2D eigenvalue weighted by Crippen LogP contribution is 2.21. The van der Waals surface area contributed by atoms with E-state index in [4.69, 9.17) is 0 Å². The van der Waals surface area contributed by atoms with Gasteiger partial charge in [-0.2, -0.15) is 5.10 Å². The Hall–Kier alpha value is -1.95. The summed E-state index contributed by atoms with van der Waals surface area (Å²) in [6, 6.07) is 2.22. The molecule has 100 valence electrons. The molecule has 1 aliphatic rings. The minimum absolute atomic E-state index is 0.139. The molecule has 0 atom stereocenters. The summed E-state index contributed by atoms with van der Waals surface area (Å²) in [4.78, 5) is 8.68. The number of hydrogen-bond donors (Lipinski definition) is 2. The number of aliphatic hydroxyl groups excluding tert-OH is 1. The van der Waals surface area contributed by atoms with Crippen LogP contribution in [0.5, 0.6) is 0 Å². The highest BCUT2D eigenvalue weighted by molar-refractivity contribution is 5.36. The van der Waals surface area contributed by atoms with Gasteiger partial charge in [0.2, 0.25) is 0 Å². The van der Waals surface area contributed by atoms with Gasteiger partial charge in [-0.25, -0.2) is 9.67 Å². The van der Waals surface area contributed by atoms with Gasteiger partial charge in [-0.05, 0) is 31.7 Å². The van der Waals surface area contributed by atoms with Crippen molar-refractivity contribution >= 4 is 5.82 Å². The Morgan fingerprint density at radius 3 is 2.79 bits per heavy atom. The third-order valence-corrected chi connectivity index (χ3v) is 3.41. The summed E-state index contributed by atoms with van der Waals surface area (Å²) in [6.45, 7) is 0. The minimum atomic E-state index is -0.139. The van der Waals surface area contributed by atoms with Crippen LogP contribution >= 0.6 is 0 Å². The third kappa shape index (κ3) is 2.90. The van der Waals surface area contributed by atoms with E-state index in [-0.39, 0.29) is 6.10 Å². The van der Waals surface area contributed by atoms with E-state index in [2.05, 4.69) is 20.4 Å². The quantitative estimate of drug-likeness (QED) is 0.871. The van der Waals surface area contributed by atoms with Crippen molar-refractivity contribution in [2.75, 3.05) is 5.32 Å². The maximum atomic E-state index is 9.49. The Balaban J connectivity index is 1.70. The van der Waals surface area contributed by atoms with E-state index >= 15 is 0 Å². The lowest BCUT2D eigenvalue weighted by molar-refractivity contribution is 0.126. The fourth-order valence-corrected chi connectivity index (χ4v) is 2.37. The van der Waals surface area contributed by atoms with Gasteiger partial charge in [0.05, 0.1) is 18.5 Å². The summed E-state index contributed by atoms with van der Waals surface area (Å²) in [5.74, 6) is 1.46. The second-order valence-corrected chi connectivity index (χ2v) is 4.86. The average Bonchev–Trinajstić information content (AvgIpc) is 2.96. The second-order valence-electron chi connectivity index (χ2n) is 4.86. The fourth-order valence-electron chi connectivity index (χ4n) is 2.37. The van der Waals surface area contributed by atoms with Crippen LogP contribution in [-0.2, 0) is 0 Å². The molecule has 1 fully saturated rings. The molecular weight excluding hydrogens is 242 g/mol. The molecule has 2 heterocycles. The number of hydrogen-bond acceptors (Lipinski definition) is 5. The Bertz CT molecular complexity index is 520. The third-order valence-electron chi connectivity index (χ3n) is 3.41. The molecule has 0 saturated heterocycles. The Morgan fingerprint density at radius 1 is 1.21 bits per heavy atom. The molecule has 0 radical (unpaired) electrons. The van der Waals surface area contributed by atoms with Crippen LogP contribution < -0.4 is 5.32 Å². The van der Waals surface area contributed by atoms with Crippen LogP contribution in [-0.4, -0.2) is 37.0 Å². The van der Waals surface area contributed by atoms with Gasteiger partial charge in [0, 0.05) is 18.4 Å². The topological polar surface area (TPSA) is 75.9 Å². The van der Waals surface area contributed by atoms with E-state index in [0.29, 0.717) is 11.9 Å². The molecule has 2 N–H and O–H groups in total. The van der Waals surface area contributed by atoms with Gasteiger partial charge < -0.3 is 10.4 Å². The van der Waals surface area contributed by atoms with Gasteiger partial charge in [0.25, 0.3) is 0 Å². The molecule has 2 aromatic rings. The maximum Gasteiger partial charge on any atom is 0.173 e. The van der Waals surface area contributed by atoms with Crippen LogP contribution in [0.15, 0.2) is 30.9 Å². The van der Waals surface area contributed by atoms with Crippen molar-refractivity contribution in [2.45, 2.75) is 37.8 Å². The van der Waals surface area contributed by atoms with E-state index in [0.717, 1.165) is 31.5 Å². The molecule has 0 aromatic carbocycles. The van der Waals surface area contributed by atoms with Crippen LogP contribution in [0.1, 0.15) is 25.7 Å². The van der Waals surface area contributed by atoms with Crippen molar-refractivity contribution in [3.05, 3.63) is 30.9 Å². The predicted molar refractivity (Wildman–Crippen MR) is 71.0 cm³/mol. The highest BCUT2D eigenvalue weighted by atomic mass is 16.3. The monoisotopic (exact) mass is 259 g/mol. The molecule has 2 aromatic heterocycles. The normalized spacial score (nSPS) is 23.2. The SMILES string of the molecule is OC1CCC(Nc2cncc(-n3cccn3)n2)CC1. The summed E-state index contributed by atoms with van der Waals surface area (Å²) < 4.78 is 1.68. The largest absolute Gasteiger partial charge is 0.393 e. The number of rotatable bonds is 3. The molecule has 0 amide bonds. The second kappa shape index (κ2) is 5.36. The van der Waals surface area contributed by atoms with Crippen LogP contribution in [0.4, 0.5) is 5.82 Å². The number of aliphatic hydroxyl groups is 1. The van der Waals surface area contributed by atoms with E-state index in [1.807, 2.05) is 12.3 Å². The van der Waals surface area contributed by atoms with Crippen LogP contribution in [0, 0.1) is 0 Å². The van der Waals surface area contributed by atoms with Gasteiger partial charge in [0.1, 0.15) is 5.82 Å². The zero-order valence-electron chi connectivity index (χ0n) is 10.6. The van der Waals surface area contributed by atoms with Gasteiger partial charge in [-0.1, -0.05) is 0 Å². The lowest BCUT2D eigenvalue weighted by Gasteiger charge is -2.26. The molecule has 0 spiro atoms. The van der Waals surface area contributed by atoms with Crippen LogP contribution in [0.3, 0.4) is 0 Å². The molecule has 6 nitrogen and oxygen atoms in total. The average molecular weight is 259 g/mol. The van der Waals surface area contributed by atoms with Gasteiger partial charge >= 0.3 is 0 Å². The lowest BCUT2D eigenvalue weighted by atomic mass is 9.93. The summed E-state index contributed by atoms with van der Waals surface area (Å²) in [6.07, 6.45) is 10.5. The summed E-state index contributed by atoms with van der Waals surface area (Å²) in [5.41, 5.74) is 0. The van der Waals surface area contributed by atoms with Gasteiger partial charge in [-0.15, -0.1) is 0 Å². The minimum Gasteiger partial charge on any atom is -0.393 e. The van der Waals surface area contributed by atoms with Crippen LogP contribution in [0.2, 0.25) is 0 Å². The first kappa shape index (κ1) is 12.1. The maximum absolute atomic E-state index is 9.49. The molecule has 0 bridgehead atoms. The molecular formula is C13H17N5O. The van der Waals surface area contributed by atoms with Crippen molar-refractivity contribution in [1.82, 2.24) is 19.7 Å². The predicted octanol–water partition coefficient (Wildman–Crippen LogP) is 1.38. The first-order valence-corrected chi connectivity index (χ1v) is 6.58. The number of nitrogens with zero attached hydrogens (tertiary/aromatic N) is 4. The Labute approximate surface area is 111 Å². The molecule has 0 aliphatic heterocycles. The summed E-state index contributed by atoms with van der Waals surface area (Å²) in [7, 11) is 0. The van der Waals surface area contributed by atoms with E-state index in [1.54, 1.807) is 23.3 Å². The Kier molecular flexibility index (Phi) is 3.41.